The average Bonchev–Trinajstić information content (AvgIpc) is 3.06. The number of nitrogens with zero attached hydrogens (tertiary/aromatic N) is 1. The first kappa shape index (κ1) is 19.6. The van der Waals surface area contributed by atoms with Gasteiger partial charge in [-0.05, 0) is 31.0 Å². The molecule has 0 saturated heterocycles. The Morgan fingerprint density at radius 2 is 1.96 bits per heavy atom. The molecule has 0 bridgehead atoms. The normalized spacial score (nSPS) is 11.8. The zero-order valence-electron chi connectivity index (χ0n) is 15.0. The van der Waals surface area contributed by atoms with Gasteiger partial charge in [0, 0.05) is 23.2 Å². The molecule has 0 aliphatic carbocycles. The van der Waals surface area contributed by atoms with E-state index < -0.39 is 0 Å². The van der Waals surface area contributed by atoms with Gasteiger partial charge in [0.2, 0.25) is 5.91 Å². The summed E-state index contributed by atoms with van der Waals surface area (Å²) >= 11 is 3.21. The van der Waals surface area contributed by atoms with Crippen molar-refractivity contribution in [1.82, 2.24) is 10.3 Å². The minimum absolute atomic E-state index is 0.0220. The lowest BCUT2D eigenvalue weighted by Gasteiger charge is -2.10. The first-order valence-corrected chi connectivity index (χ1v) is 9.99. The Morgan fingerprint density at radius 1 is 1.28 bits per heavy atom. The summed E-state index contributed by atoms with van der Waals surface area (Å²) in [6.07, 6.45) is 1.25. The molecule has 5 nitrogen and oxygen atoms in total. The minimum atomic E-state index is 0.0220. The highest BCUT2D eigenvalue weighted by atomic mass is 32.2. The van der Waals surface area contributed by atoms with Crippen LogP contribution in [0.25, 0.3) is 0 Å². The molecular weight excluding hydrogens is 356 g/mol. The molecule has 7 heteroatoms. The van der Waals surface area contributed by atoms with E-state index in [1.165, 1.54) is 0 Å². The van der Waals surface area contributed by atoms with E-state index in [-0.39, 0.29) is 11.9 Å². The number of aromatic nitrogens is 1. The molecule has 25 heavy (non-hydrogen) atoms. The van der Waals surface area contributed by atoms with Gasteiger partial charge < -0.3 is 14.8 Å². The van der Waals surface area contributed by atoms with Crippen LogP contribution in [-0.4, -0.2) is 31.2 Å². The molecule has 1 N–H and O–H groups in total. The lowest BCUT2D eigenvalue weighted by molar-refractivity contribution is -0.121. The number of thioether (sulfide) groups is 1. The summed E-state index contributed by atoms with van der Waals surface area (Å²) in [6.45, 7) is 4.05. The second kappa shape index (κ2) is 9.68. The molecule has 2 aromatic rings. The van der Waals surface area contributed by atoms with Crippen LogP contribution in [0, 0.1) is 0 Å². The van der Waals surface area contributed by atoms with Gasteiger partial charge in [-0.3, -0.25) is 4.79 Å². The van der Waals surface area contributed by atoms with Crippen LogP contribution in [0.15, 0.2) is 27.9 Å². The lowest BCUT2D eigenvalue weighted by Crippen LogP contribution is -2.33. The molecule has 0 aliphatic heterocycles. The van der Waals surface area contributed by atoms with Crippen LogP contribution >= 0.6 is 23.1 Å². The van der Waals surface area contributed by atoms with Gasteiger partial charge in [0.05, 0.1) is 26.3 Å². The Balaban J connectivity index is 1.92. The van der Waals surface area contributed by atoms with E-state index in [1.807, 2.05) is 30.5 Å². The van der Waals surface area contributed by atoms with E-state index in [0.29, 0.717) is 6.42 Å². The molecule has 0 saturated carbocycles. The Hall–Kier alpha value is -1.73. The van der Waals surface area contributed by atoms with Crippen molar-refractivity contribution in [2.24, 2.45) is 0 Å². The van der Waals surface area contributed by atoms with Crippen LogP contribution < -0.4 is 14.8 Å². The smallest absolute Gasteiger partial charge is 0.226 e. The standard InChI is InChI=1S/C18H24N2O3S2/c1-5-12(2)19-17(21)8-14-11-25-18(20-14)24-10-13-6-15(22-3)9-16(7-13)23-4/h6-7,9,11-12H,5,8,10H2,1-4H3,(H,19,21)/t12-/m1/s1. The van der Waals surface area contributed by atoms with Gasteiger partial charge in [-0.25, -0.2) is 4.98 Å². The number of carbonyl (C=O) groups excluding carboxylic acids is 1. The molecule has 0 fully saturated rings. The molecule has 1 heterocycles. The number of amides is 1. The van der Waals surface area contributed by atoms with Crippen LogP contribution in [0.3, 0.4) is 0 Å². The van der Waals surface area contributed by atoms with Gasteiger partial charge in [0.15, 0.2) is 0 Å². The molecule has 1 amide bonds. The summed E-state index contributed by atoms with van der Waals surface area (Å²) < 4.78 is 11.5. The number of hydrogen-bond acceptors (Lipinski definition) is 6. The number of methoxy groups -OCH3 is 2. The monoisotopic (exact) mass is 380 g/mol. The number of ether oxygens (including phenoxy) is 2. The number of thiazole rings is 1. The highest BCUT2D eigenvalue weighted by Gasteiger charge is 2.10. The number of benzene rings is 1. The quantitative estimate of drug-likeness (QED) is 0.668. The van der Waals surface area contributed by atoms with E-state index in [4.69, 9.17) is 9.47 Å². The fourth-order valence-corrected chi connectivity index (χ4v) is 3.90. The van der Waals surface area contributed by atoms with Crippen molar-refractivity contribution in [3.63, 3.8) is 0 Å². The van der Waals surface area contributed by atoms with Crippen LogP contribution in [0.2, 0.25) is 0 Å². The molecule has 1 aromatic carbocycles. The van der Waals surface area contributed by atoms with Gasteiger partial charge in [-0.2, -0.15) is 0 Å². The summed E-state index contributed by atoms with van der Waals surface area (Å²) in [5, 5.41) is 4.91. The molecule has 1 aromatic heterocycles. The first-order chi connectivity index (χ1) is 12.0. The summed E-state index contributed by atoms with van der Waals surface area (Å²) in [4.78, 5) is 16.5. The average molecular weight is 381 g/mol. The molecule has 0 aliphatic rings. The van der Waals surface area contributed by atoms with E-state index in [0.717, 1.165) is 39.3 Å². The molecule has 2 rings (SSSR count). The largest absolute Gasteiger partial charge is 0.497 e. The summed E-state index contributed by atoms with van der Waals surface area (Å²) in [7, 11) is 3.28. The maximum Gasteiger partial charge on any atom is 0.226 e. The SMILES string of the molecule is CC[C@@H](C)NC(=O)Cc1csc(SCc2cc(OC)cc(OC)c2)n1. The van der Waals surface area contributed by atoms with Gasteiger partial charge in [0.1, 0.15) is 15.8 Å². The molecule has 0 radical (unpaired) electrons. The number of hydrogen-bond donors (Lipinski definition) is 1. The van der Waals surface area contributed by atoms with Crippen LogP contribution in [0.1, 0.15) is 31.5 Å². The number of rotatable bonds is 9. The van der Waals surface area contributed by atoms with E-state index in [9.17, 15) is 4.79 Å². The van der Waals surface area contributed by atoms with E-state index >= 15 is 0 Å². The summed E-state index contributed by atoms with van der Waals surface area (Å²) in [5.41, 5.74) is 1.92. The molecule has 1 atom stereocenters. The first-order valence-electron chi connectivity index (χ1n) is 8.12. The van der Waals surface area contributed by atoms with Crippen molar-refractivity contribution in [3.8, 4) is 11.5 Å². The van der Waals surface area contributed by atoms with Gasteiger partial charge >= 0.3 is 0 Å². The topological polar surface area (TPSA) is 60.5 Å². The Morgan fingerprint density at radius 3 is 2.56 bits per heavy atom. The van der Waals surface area contributed by atoms with Gasteiger partial charge in [0.25, 0.3) is 0 Å². The van der Waals surface area contributed by atoms with Crippen molar-refractivity contribution in [2.75, 3.05) is 14.2 Å². The van der Waals surface area contributed by atoms with Crippen molar-refractivity contribution in [3.05, 3.63) is 34.8 Å². The Kier molecular flexibility index (Phi) is 7.58. The molecule has 0 spiro atoms. The zero-order valence-corrected chi connectivity index (χ0v) is 16.6. The Bertz CT molecular complexity index is 681. The molecular formula is C18H24N2O3S2. The number of carbonyl (C=O) groups is 1. The van der Waals surface area contributed by atoms with Gasteiger partial charge in [-0.15, -0.1) is 11.3 Å². The zero-order chi connectivity index (χ0) is 18.2. The highest BCUT2D eigenvalue weighted by Crippen LogP contribution is 2.30. The fourth-order valence-electron chi connectivity index (χ4n) is 2.12. The van der Waals surface area contributed by atoms with E-state index in [2.05, 4.69) is 17.2 Å². The van der Waals surface area contributed by atoms with E-state index in [1.54, 1.807) is 37.3 Å². The van der Waals surface area contributed by atoms with Gasteiger partial charge in [-0.1, -0.05) is 18.7 Å². The van der Waals surface area contributed by atoms with Crippen LogP contribution in [-0.2, 0) is 17.0 Å². The molecule has 136 valence electrons. The third-order valence-corrected chi connectivity index (χ3v) is 5.81. The minimum Gasteiger partial charge on any atom is -0.497 e. The molecule has 0 unspecified atom stereocenters. The predicted octanol–water partition coefficient (Wildman–Crippen LogP) is 3.91. The van der Waals surface area contributed by atoms with Crippen LogP contribution in [0.4, 0.5) is 0 Å². The second-order valence-corrected chi connectivity index (χ2v) is 7.75. The van der Waals surface area contributed by atoms with Crippen molar-refractivity contribution in [1.29, 1.82) is 0 Å². The van der Waals surface area contributed by atoms with Crippen molar-refractivity contribution < 1.29 is 14.3 Å². The number of nitrogens with one attached hydrogen (secondary N) is 1. The summed E-state index contributed by atoms with van der Waals surface area (Å²) in [6, 6.07) is 6.03. The third-order valence-electron chi connectivity index (χ3n) is 3.67. The summed E-state index contributed by atoms with van der Waals surface area (Å²) in [5.74, 6) is 2.33. The van der Waals surface area contributed by atoms with Crippen molar-refractivity contribution in [2.45, 2.75) is 42.8 Å². The lowest BCUT2D eigenvalue weighted by atomic mass is 10.2. The third kappa shape index (κ3) is 6.25. The maximum absolute atomic E-state index is 11.9. The van der Waals surface area contributed by atoms with Crippen LogP contribution in [0.5, 0.6) is 11.5 Å². The Labute approximate surface area is 157 Å². The fraction of sp³-hybridized carbons (Fsp3) is 0.444. The maximum atomic E-state index is 11.9. The predicted molar refractivity (Wildman–Crippen MR) is 103 cm³/mol. The highest BCUT2D eigenvalue weighted by molar-refractivity contribution is 8.00. The second-order valence-electron chi connectivity index (χ2n) is 5.67. The van der Waals surface area contributed by atoms with Crippen molar-refractivity contribution >= 4 is 29.0 Å².